The molecule has 1 aliphatic rings. The van der Waals surface area contributed by atoms with Gasteiger partial charge in [-0.3, -0.25) is 0 Å². The average Bonchev–Trinajstić information content (AvgIpc) is 3.61. The second-order valence-electron chi connectivity index (χ2n) is 13.3. The Balaban J connectivity index is 0.000000183. The number of nitrogens with zero attached hydrogens (tertiary/aromatic N) is 2. The molecule has 0 amide bonds. The van der Waals surface area contributed by atoms with Crippen molar-refractivity contribution in [3.05, 3.63) is 167 Å². The Hall–Kier alpha value is -4.08. The van der Waals surface area contributed by atoms with Gasteiger partial charge in [-0.15, -0.1) is 0 Å². The standard InChI is InChI=1S/C24H18S.C21H27N2.C2H4.ClH.Ru/c25-24-22(19-12-6-2-7-13-19)16-21(18-10-4-1-5-11-18)17-23(24)20-14-8-3-9-15-20;1-14-9-16(3)20(17(4)10-14)22-7-8-23(13-22)21-18(5)11-15(2)12-19(21)6;1-2;;/h1-17,25H;9-13H,7-8H2,1-6H3;1H,2H3;1H;/q;-1;;;+1/p-2. The first-order chi connectivity index (χ1) is 25.1. The molecule has 6 aromatic rings. The van der Waals surface area contributed by atoms with Crippen molar-refractivity contribution >= 4 is 38.3 Å². The van der Waals surface area contributed by atoms with Gasteiger partial charge in [-0.25, -0.2) is 0 Å². The van der Waals surface area contributed by atoms with Crippen molar-refractivity contribution in [3.8, 4) is 33.4 Å². The van der Waals surface area contributed by atoms with Gasteiger partial charge in [0.15, 0.2) is 0 Å². The van der Waals surface area contributed by atoms with Crippen molar-refractivity contribution < 1.29 is 15.7 Å². The molecule has 0 aliphatic carbocycles. The number of hydrogen-bond donors (Lipinski definition) is 0. The number of anilines is 2. The normalized spacial score (nSPS) is 12.5. The minimum absolute atomic E-state index is 0.0867. The van der Waals surface area contributed by atoms with E-state index in [1.165, 1.54) is 55.9 Å². The van der Waals surface area contributed by atoms with Crippen molar-refractivity contribution in [2.45, 2.75) is 53.4 Å². The van der Waals surface area contributed by atoms with E-state index in [2.05, 4.69) is 167 Å². The van der Waals surface area contributed by atoms with Crippen LogP contribution in [-0.2, 0) is 28.3 Å². The predicted octanol–water partition coefficient (Wildman–Crippen LogP) is 12.6. The monoisotopic (exact) mass is 809 g/mol. The molecule has 7 rings (SSSR count). The number of aryl methyl sites for hydroxylation is 6. The van der Waals surface area contributed by atoms with E-state index in [0.717, 1.165) is 40.2 Å². The molecule has 1 fully saturated rings. The molecule has 1 heterocycles. The Morgan fingerprint density at radius 2 is 0.865 bits per heavy atom. The van der Waals surface area contributed by atoms with Gasteiger partial charge in [0, 0.05) is 24.5 Å². The molecule has 0 N–H and O–H groups in total. The maximum absolute atomic E-state index is 5.87. The van der Waals surface area contributed by atoms with Crippen molar-refractivity contribution in [2.75, 3.05) is 22.9 Å². The van der Waals surface area contributed by atoms with E-state index in [-0.39, 0.29) is 15.7 Å². The average molecular weight is 810 g/mol. The molecule has 0 unspecified atom stereocenters. The Morgan fingerprint density at radius 3 is 1.19 bits per heavy atom. The summed E-state index contributed by atoms with van der Waals surface area (Å²) in [6.07, 6.45) is 0. The fourth-order valence-corrected chi connectivity index (χ4v) is 7.53. The first-order valence-electron chi connectivity index (χ1n) is 17.7. The molecule has 5 heteroatoms. The van der Waals surface area contributed by atoms with Crippen LogP contribution < -0.4 is 9.80 Å². The third kappa shape index (κ3) is 9.67. The minimum atomic E-state index is 0.0867. The Morgan fingerprint density at radius 1 is 0.538 bits per heavy atom. The molecular formula is C47H48ClN2RuS-2. The molecule has 0 spiro atoms. The first kappa shape index (κ1) is 39.1. The van der Waals surface area contributed by atoms with Gasteiger partial charge >= 0.3 is 36.9 Å². The molecule has 1 saturated heterocycles. The Bertz CT molecular complexity index is 1940. The van der Waals surface area contributed by atoms with Crippen LogP contribution in [0.15, 0.2) is 132 Å². The van der Waals surface area contributed by atoms with Gasteiger partial charge in [0.1, 0.15) is 0 Å². The van der Waals surface area contributed by atoms with Crippen LogP contribution in [0.25, 0.3) is 33.4 Å². The second-order valence-corrected chi connectivity index (χ2v) is 16.0. The van der Waals surface area contributed by atoms with E-state index < -0.39 is 0 Å². The fraction of sp³-hybridized carbons (Fsp3) is 0.191. The minimum Gasteiger partial charge on any atom is -0.779 e. The van der Waals surface area contributed by atoms with Crippen molar-refractivity contribution in [1.29, 1.82) is 0 Å². The molecule has 0 saturated carbocycles. The summed E-state index contributed by atoms with van der Waals surface area (Å²) in [5, 5.41) is 0. The van der Waals surface area contributed by atoms with Crippen molar-refractivity contribution in [1.82, 2.24) is 0 Å². The number of benzene rings is 6. The molecule has 269 valence electrons. The summed E-state index contributed by atoms with van der Waals surface area (Å²) in [5.74, 6) is 0. The Kier molecular flexibility index (Phi) is 14.0. The fourth-order valence-electron chi connectivity index (χ4n) is 7.18. The quantitative estimate of drug-likeness (QED) is 0.0973. The van der Waals surface area contributed by atoms with Crippen LogP contribution in [0.1, 0.15) is 40.3 Å². The van der Waals surface area contributed by atoms with Crippen molar-refractivity contribution in [2.24, 2.45) is 0 Å². The van der Waals surface area contributed by atoms with Gasteiger partial charge < -0.3 is 22.4 Å². The largest absolute Gasteiger partial charge is 0.779 e. The molecular weight excluding hydrogens is 761 g/mol. The van der Waals surface area contributed by atoms with E-state index in [1.807, 2.05) is 29.7 Å². The Labute approximate surface area is 329 Å². The second kappa shape index (κ2) is 18.6. The van der Waals surface area contributed by atoms with Crippen LogP contribution in [-0.4, -0.2) is 17.7 Å². The van der Waals surface area contributed by atoms with Gasteiger partial charge in [-0.1, -0.05) is 126 Å². The molecule has 0 atom stereocenters. The van der Waals surface area contributed by atoms with Gasteiger partial charge in [-0.05, 0) is 109 Å². The van der Waals surface area contributed by atoms with Gasteiger partial charge in [-0.2, -0.15) is 11.6 Å². The number of hydrogen-bond acceptors (Lipinski definition) is 3. The van der Waals surface area contributed by atoms with Crippen molar-refractivity contribution in [3.63, 3.8) is 0 Å². The van der Waals surface area contributed by atoms with Crippen LogP contribution in [0.3, 0.4) is 0 Å². The molecule has 0 aromatic heterocycles. The molecule has 2 nitrogen and oxygen atoms in total. The zero-order chi connectivity index (χ0) is 37.2. The molecule has 1 aliphatic heterocycles. The summed E-state index contributed by atoms with van der Waals surface area (Å²) in [6, 6.07) is 44.8. The van der Waals surface area contributed by atoms with Crippen LogP contribution in [0, 0.1) is 48.2 Å². The van der Waals surface area contributed by atoms with E-state index >= 15 is 0 Å². The predicted molar refractivity (Wildman–Crippen MR) is 226 cm³/mol. The maximum atomic E-state index is 5.87. The first-order valence-corrected chi connectivity index (χ1v) is 21.3. The summed E-state index contributed by atoms with van der Waals surface area (Å²) in [7, 11) is 5.22. The van der Waals surface area contributed by atoms with E-state index in [1.54, 1.807) is 0 Å². The number of halogens is 1. The molecule has 0 bridgehead atoms. The van der Waals surface area contributed by atoms with Crippen LogP contribution in [0.4, 0.5) is 11.4 Å². The summed E-state index contributed by atoms with van der Waals surface area (Å²) in [6.45, 7) is 19.5. The van der Waals surface area contributed by atoms with Crippen LogP contribution in [0.5, 0.6) is 0 Å². The maximum Gasteiger partial charge on any atom is 0.0146 e. The zero-order valence-electron chi connectivity index (χ0n) is 31.2. The van der Waals surface area contributed by atoms with Crippen LogP contribution >= 0.6 is 9.69 Å². The zero-order valence-corrected chi connectivity index (χ0v) is 34.5. The van der Waals surface area contributed by atoms with Crippen LogP contribution in [0.2, 0.25) is 0 Å². The van der Waals surface area contributed by atoms with Gasteiger partial charge in [0.2, 0.25) is 0 Å². The smallest absolute Gasteiger partial charge is 0.0146 e. The summed E-state index contributed by atoms with van der Waals surface area (Å²) in [4.78, 5) is 5.71. The van der Waals surface area contributed by atoms with E-state index in [0.29, 0.717) is 0 Å². The molecule has 52 heavy (non-hydrogen) atoms. The molecule has 0 radical (unpaired) electrons. The SMILES string of the molecule is C[CH]=[Ru][Cl].Cc1cc(C)c(N2[CH-]N(c3c(C)cc(C)cc3C)CC2)c(C)c1.[S-]c1c(-c2ccccc2)cc(-c2ccccc2)cc1-c1ccccc1. The molecule has 6 aromatic carbocycles. The summed E-state index contributed by atoms with van der Waals surface area (Å²) >= 11 is 5.95. The van der Waals surface area contributed by atoms with Gasteiger partial charge in [0.05, 0.1) is 0 Å². The topological polar surface area (TPSA) is 6.48 Å². The van der Waals surface area contributed by atoms with Gasteiger partial charge in [0.25, 0.3) is 0 Å². The van der Waals surface area contributed by atoms with E-state index in [9.17, 15) is 0 Å². The van der Waals surface area contributed by atoms with E-state index in [4.69, 9.17) is 22.3 Å². The third-order valence-corrected chi connectivity index (χ3v) is 10.9. The third-order valence-electron chi connectivity index (χ3n) is 9.15. The number of rotatable bonds is 5. The summed E-state index contributed by atoms with van der Waals surface area (Å²) in [5.41, 5.74) is 17.7. The summed E-state index contributed by atoms with van der Waals surface area (Å²) < 4.78 is 1.98.